The molecule has 0 bridgehead atoms. The Morgan fingerprint density at radius 1 is 0.976 bits per heavy atom. The number of ether oxygens (including phenoxy) is 1. The molecule has 1 aromatic carbocycles. The number of rotatable bonds is 4. The van der Waals surface area contributed by atoms with Crippen LogP contribution in [0.1, 0.15) is 82.1 Å². The molecule has 10 heteroatoms. The number of hydrogen-bond acceptors (Lipinski definition) is 6. The molecule has 1 aliphatic carbocycles. The zero-order chi connectivity index (χ0) is 29.5. The molecule has 3 aliphatic rings. The Kier molecular flexibility index (Phi) is 7.41. The van der Waals surface area contributed by atoms with Crippen LogP contribution < -0.4 is 5.32 Å². The fourth-order valence-electron chi connectivity index (χ4n) is 7.02. The first kappa shape index (κ1) is 28.2. The largest absolute Gasteiger partial charge is 0.444 e. The Hall–Kier alpha value is -3.95. The Morgan fingerprint density at radius 2 is 1.74 bits per heavy atom. The molecule has 222 valence electrons. The van der Waals surface area contributed by atoms with Gasteiger partial charge in [0.2, 0.25) is 5.91 Å². The maximum Gasteiger partial charge on any atom is 0.410 e. The molecule has 6 rings (SSSR count). The summed E-state index contributed by atoms with van der Waals surface area (Å²) in [4.78, 5) is 52.1. The average Bonchev–Trinajstić information content (AvgIpc) is 3.72. The number of nitrogens with one attached hydrogen (secondary N) is 1. The van der Waals surface area contributed by atoms with E-state index in [1.165, 1.54) is 6.33 Å². The number of piperidine rings is 1. The average molecular weight is 573 g/mol. The molecule has 1 N–H and O–H groups in total. The van der Waals surface area contributed by atoms with E-state index >= 15 is 0 Å². The van der Waals surface area contributed by atoms with Crippen LogP contribution in [-0.4, -0.2) is 73.0 Å². The fraction of sp³-hybridized carbons (Fsp3) is 0.531. The van der Waals surface area contributed by atoms with Crippen LogP contribution in [0.15, 0.2) is 48.9 Å². The van der Waals surface area contributed by atoms with Crippen LogP contribution in [0.2, 0.25) is 0 Å². The van der Waals surface area contributed by atoms with Crippen LogP contribution in [-0.2, 0) is 9.53 Å². The first-order chi connectivity index (χ1) is 20.1. The maximum atomic E-state index is 14.0. The lowest BCUT2D eigenvalue weighted by atomic mass is 9.84. The first-order valence-electron chi connectivity index (χ1n) is 15.1. The molecule has 1 saturated carbocycles. The summed E-state index contributed by atoms with van der Waals surface area (Å²) in [7, 11) is 0. The third kappa shape index (κ3) is 5.46. The molecule has 42 heavy (non-hydrogen) atoms. The molecule has 2 saturated heterocycles. The van der Waals surface area contributed by atoms with Crippen molar-refractivity contribution in [1.82, 2.24) is 24.3 Å². The van der Waals surface area contributed by atoms with E-state index in [-0.39, 0.29) is 35.4 Å². The lowest BCUT2D eigenvalue weighted by Gasteiger charge is -2.45. The van der Waals surface area contributed by atoms with Gasteiger partial charge in [0.25, 0.3) is 5.91 Å². The van der Waals surface area contributed by atoms with Crippen LogP contribution in [0, 0.1) is 5.92 Å². The Bertz CT molecular complexity index is 1470. The lowest BCUT2D eigenvalue weighted by molar-refractivity contribution is -0.141. The van der Waals surface area contributed by atoms with Crippen LogP contribution in [0.4, 0.5) is 10.6 Å². The number of fused-ring (bicyclic) bond motifs is 1. The second-order valence-corrected chi connectivity index (χ2v) is 13.0. The van der Waals surface area contributed by atoms with Crippen molar-refractivity contribution in [3.05, 3.63) is 54.5 Å². The standard InChI is InChI=1S/C32H40N6O4/c1-31(2,3)42-30(41)36-18-14-32(15-19-36)13-7-16-38(32)29(40)23-10-11-24(20-23)37-17-12-25-26(33-21-34-27(25)37)35-28(39)22-8-5-4-6-9-22/h4-6,8-9,12,17,21,23-24H,7,10-11,13-16,18-20H2,1-3H3,(H,33,34,35,39)/t23-,24+/m1/s1. The first-order valence-corrected chi connectivity index (χ1v) is 15.1. The van der Waals surface area contributed by atoms with E-state index in [0.717, 1.165) is 62.5 Å². The van der Waals surface area contributed by atoms with E-state index in [1.54, 1.807) is 17.0 Å². The number of anilines is 1. The number of aromatic nitrogens is 3. The minimum absolute atomic E-state index is 0.0367. The summed E-state index contributed by atoms with van der Waals surface area (Å²) < 4.78 is 7.72. The van der Waals surface area contributed by atoms with Gasteiger partial charge in [0.1, 0.15) is 23.4 Å². The topological polar surface area (TPSA) is 110 Å². The summed E-state index contributed by atoms with van der Waals surface area (Å²) in [6.07, 6.45) is 9.29. The minimum atomic E-state index is -0.519. The van der Waals surface area contributed by atoms with Crippen molar-refractivity contribution in [1.29, 1.82) is 0 Å². The number of nitrogens with zero attached hydrogens (tertiary/aromatic N) is 5. The van der Waals surface area contributed by atoms with Crippen molar-refractivity contribution in [2.45, 2.75) is 82.9 Å². The quantitative estimate of drug-likeness (QED) is 0.447. The molecule has 3 fully saturated rings. The Balaban J connectivity index is 1.11. The van der Waals surface area contributed by atoms with Crippen LogP contribution >= 0.6 is 0 Å². The maximum absolute atomic E-state index is 14.0. The van der Waals surface area contributed by atoms with E-state index < -0.39 is 5.60 Å². The van der Waals surface area contributed by atoms with Crippen molar-refractivity contribution in [2.75, 3.05) is 25.0 Å². The second kappa shape index (κ2) is 11.0. The summed E-state index contributed by atoms with van der Waals surface area (Å²) in [6.45, 7) is 7.67. The molecule has 10 nitrogen and oxygen atoms in total. The molecule has 0 radical (unpaired) electrons. The zero-order valence-electron chi connectivity index (χ0n) is 24.7. The number of amides is 3. The lowest BCUT2D eigenvalue weighted by Crippen LogP contribution is -2.56. The van der Waals surface area contributed by atoms with Crippen molar-refractivity contribution in [2.24, 2.45) is 5.92 Å². The predicted molar refractivity (Wildman–Crippen MR) is 159 cm³/mol. The van der Waals surface area contributed by atoms with Crippen LogP contribution in [0.5, 0.6) is 0 Å². The fourth-order valence-corrected chi connectivity index (χ4v) is 7.02. The smallest absolute Gasteiger partial charge is 0.410 e. The van der Waals surface area contributed by atoms with Crippen molar-refractivity contribution in [3.8, 4) is 0 Å². The van der Waals surface area contributed by atoms with E-state index in [0.29, 0.717) is 24.5 Å². The molecule has 3 aromatic rings. The van der Waals surface area contributed by atoms with E-state index in [9.17, 15) is 14.4 Å². The number of carbonyl (C=O) groups is 3. The molecule has 2 aliphatic heterocycles. The summed E-state index contributed by atoms with van der Waals surface area (Å²) in [5, 5.41) is 3.71. The molecular weight excluding hydrogens is 532 g/mol. The number of carbonyl (C=O) groups excluding carboxylic acids is 3. The van der Waals surface area contributed by atoms with Gasteiger partial charge in [-0.2, -0.15) is 0 Å². The third-order valence-corrected chi connectivity index (χ3v) is 9.13. The summed E-state index contributed by atoms with van der Waals surface area (Å²) in [5.74, 6) is 0.481. The Labute approximate surface area is 246 Å². The molecule has 0 unspecified atom stereocenters. The number of likely N-dealkylation sites (tertiary alicyclic amines) is 2. The van der Waals surface area contributed by atoms with E-state index in [1.807, 2.05) is 51.2 Å². The molecule has 3 amide bonds. The summed E-state index contributed by atoms with van der Waals surface area (Å²) >= 11 is 0. The highest BCUT2D eigenvalue weighted by Gasteiger charge is 2.48. The van der Waals surface area contributed by atoms with Crippen molar-refractivity contribution < 1.29 is 19.1 Å². The molecule has 2 aromatic heterocycles. The van der Waals surface area contributed by atoms with Crippen molar-refractivity contribution in [3.63, 3.8) is 0 Å². The van der Waals surface area contributed by atoms with Gasteiger partial charge in [0.05, 0.1) is 5.39 Å². The van der Waals surface area contributed by atoms with Gasteiger partial charge in [-0.3, -0.25) is 9.59 Å². The van der Waals surface area contributed by atoms with Gasteiger partial charge in [-0.25, -0.2) is 14.8 Å². The van der Waals surface area contributed by atoms with Crippen molar-refractivity contribution >= 4 is 34.8 Å². The highest BCUT2D eigenvalue weighted by atomic mass is 16.6. The van der Waals surface area contributed by atoms with Crippen LogP contribution in [0.3, 0.4) is 0 Å². The molecule has 4 heterocycles. The van der Waals surface area contributed by atoms with Gasteiger partial charge in [-0.1, -0.05) is 18.2 Å². The minimum Gasteiger partial charge on any atom is -0.444 e. The van der Waals surface area contributed by atoms with Gasteiger partial charge in [-0.15, -0.1) is 0 Å². The number of hydrogen-bond donors (Lipinski definition) is 1. The van der Waals surface area contributed by atoms with E-state index in [4.69, 9.17) is 4.74 Å². The van der Waals surface area contributed by atoms with Gasteiger partial charge in [-0.05, 0) is 83.9 Å². The second-order valence-electron chi connectivity index (χ2n) is 13.0. The van der Waals surface area contributed by atoms with Gasteiger partial charge in [0, 0.05) is 48.9 Å². The number of benzene rings is 1. The predicted octanol–water partition coefficient (Wildman–Crippen LogP) is 5.42. The SMILES string of the molecule is CC(C)(C)OC(=O)N1CCC2(CCCN2C(=O)[C@@H]2CC[C@H](n3ccc4c(NC(=O)c5ccccc5)ncnc43)C2)CC1. The normalized spacial score (nSPS) is 22.1. The molecular formula is C32H40N6O4. The zero-order valence-corrected chi connectivity index (χ0v) is 24.7. The van der Waals surface area contributed by atoms with Gasteiger partial charge < -0.3 is 24.4 Å². The highest BCUT2D eigenvalue weighted by Crippen LogP contribution is 2.43. The third-order valence-electron chi connectivity index (χ3n) is 9.13. The monoisotopic (exact) mass is 572 g/mol. The van der Waals surface area contributed by atoms with E-state index in [2.05, 4.69) is 24.8 Å². The molecule has 2 atom stereocenters. The highest BCUT2D eigenvalue weighted by molar-refractivity contribution is 6.07. The van der Waals surface area contributed by atoms with Crippen LogP contribution in [0.25, 0.3) is 11.0 Å². The summed E-state index contributed by atoms with van der Waals surface area (Å²) in [5.41, 5.74) is 0.650. The summed E-state index contributed by atoms with van der Waals surface area (Å²) in [6, 6.07) is 11.2. The Morgan fingerprint density at radius 3 is 2.48 bits per heavy atom. The van der Waals surface area contributed by atoms with Gasteiger partial charge >= 0.3 is 6.09 Å². The van der Waals surface area contributed by atoms with Gasteiger partial charge in [0.15, 0.2) is 0 Å². The molecule has 1 spiro atoms.